The van der Waals surface area contributed by atoms with Gasteiger partial charge >= 0.3 is 567 Å². The first-order chi connectivity index (χ1) is 45.2. The number of rotatable bonds is 12. The van der Waals surface area contributed by atoms with E-state index >= 15 is 0 Å². The molecule has 4 aliphatic rings. The third-order valence-corrected chi connectivity index (χ3v) is 76.3. The van der Waals surface area contributed by atoms with Gasteiger partial charge < -0.3 is 24.8 Å². The predicted octanol–water partition coefficient (Wildman–Crippen LogP) is 19.2. The molecule has 4 unspecified atom stereocenters. The van der Waals surface area contributed by atoms with Crippen molar-refractivity contribution in [1.82, 2.24) is 0 Å². The molecule has 12 aromatic rings. The van der Waals surface area contributed by atoms with Crippen LogP contribution in [-0.4, -0.2) is 11.0 Å². The minimum atomic E-state index is -2.45. The fraction of sp³-hybridized carbons (Fsp3) is 0.182. The number of fused-ring (bicyclic) bond motifs is 8. The summed E-state index contributed by atoms with van der Waals surface area (Å²) >= 11 is -4.90. The van der Waals surface area contributed by atoms with Gasteiger partial charge in [0.25, 0.3) is 0 Å². The zero-order chi connectivity index (χ0) is 62.7. The summed E-state index contributed by atoms with van der Waals surface area (Å²) < 4.78 is 2.60. The second-order valence-corrected chi connectivity index (χ2v) is 76.1. The molecule has 0 amide bonds. The van der Waals surface area contributed by atoms with Crippen LogP contribution in [0.5, 0.6) is 0 Å². The summed E-state index contributed by atoms with van der Waals surface area (Å²) in [4.78, 5) is 0. The zero-order valence-electron chi connectivity index (χ0n) is 55.3. The molecule has 0 aromatic heterocycles. The Labute approximate surface area is 585 Å². The van der Waals surface area contributed by atoms with Crippen LogP contribution in [0.1, 0.15) is 113 Å². The molecule has 16 rings (SSSR count). The molecule has 0 saturated carbocycles. The minimum absolute atomic E-state index is 0. The first-order valence-electron chi connectivity index (χ1n) is 33.8. The molecule has 0 heterocycles. The van der Waals surface area contributed by atoms with Crippen LogP contribution in [-0.2, 0) is 40.1 Å². The number of allylic oxidation sites excluding steroid dienone is 4. The van der Waals surface area contributed by atoms with Crippen molar-refractivity contribution in [3.8, 4) is 44.5 Å². The SMILES string of the molecule is CCC1=Cc2c(-c3cccc4ccccc34)cccc2[CH]1[Hf]([CH]1C(CC)=Cc2c(-c3cccc4ccccc34)cccc21)=[Si](C)C.CCC1=Cc2c(-c3cccc4ccccc34)cccc2[CH]1[Hf]([CH]1C(CC)=Cc2c(-c3cccc4ccccc34)cccc21)=[Si](C)C.[Cl-].[Cl-]. The van der Waals surface area contributed by atoms with Crippen LogP contribution in [0.15, 0.2) is 265 Å². The summed E-state index contributed by atoms with van der Waals surface area (Å²) in [7, 11) is 0. The Bertz CT molecular complexity index is 4530. The molecule has 4 aliphatic carbocycles. The normalized spacial score (nSPS) is 16.3. The summed E-state index contributed by atoms with van der Waals surface area (Å²) in [6.07, 6.45) is 15.1. The fourth-order valence-corrected chi connectivity index (χ4v) is 75.9. The smallest absolute Gasteiger partial charge is 1.00 e. The Morgan fingerprint density at radius 1 is 0.245 bits per heavy atom. The standard InChI is InChI=1S/4C21H17.2C2H6Si.2ClH.2Hf/c4*1-2-15-13-17-9-6-12-20(21(17)14-15)19-11-5-8-16-7-3-4-10-18(16)19;2*1-3-2;;;;/h4*3-14H,2H2,1H3;2*1-2H3;2*1H;;/p-2. The van der Waals surface area contributed by atoms with Gasteiger partial charge in [-0.2, -0.15) is 0 Å². The molecule has 4 atom stereocenters. The molecule has 464 valence electrons. The molecule has 0 spiro atoms. The second kappa shape index (κ2) is 28.2. The summed E-state index contributed by atoms with van der Waals surface area (Å²) in [5, 5.41) is 10.7. The third kappa shape index (κ3) is 11.6. The summed E-state index contributed by atoms with van der Waals surface area (Å²) in [6.45, 7) is 20.3. The van der Waals surface area contributed by atoms with Crippen molar-refractivity contribution in [2.24, 2.45) is 0 Å². The van der Waals surface area contributed by atoms with E-state index in [2.05, 4.69) is 321 Å². The number of halogens is 2. The van der Waals surface area contributed by atoms with Gasteiger partial charge in [-0.05, 0) is 0 Å². The molecule has 0 N–H and O–H groups in total. The Morgan fingerprint density at radius 2 is 0.436 bits per heavy atom. The quantitative estimate of drug-likeness (QED) is 0.107. The topological polar surface area (TPSA) is 0 Å². The van der Waals surface area contributed by atoms with Crippen molar-refractivity contribution >= 4 is 78.4 Å². The Morgan fingerprint density at radius 3 is 0.649 bits per heavy atom. The average Bonchev–Trinajstić information content (AvgIpc) is 1.57. The second-order valence-electron chi connectivity index (χ2n) is 26.3. The van der Waals surface area contributed by atoms with E-state index in [4.69, 9.17) is 0 Å². The van der Waals surface area contributed by atoms with Crippen molar-refractivity contribution < 1.29 is 64.9 Å². The number of hydrogen-bond acceptors (Lipinski definition) is 0. The van der Waals surface area contributed by atoms with Crippen molar-refractivity contribution in [2.45, 2.75) is 94.3 Å². The first-order valence-corrected chi connectivity index (χ1v) is 57.9. The van der Waals surface area contributed by atoms with Crippen molar-refractivity contribution in [3.63, 3.8) is 0 Å². The molecule has 0 bridgehead atoms. The molecule has 94 heavy (non-hydrogen) atoms. The Hall–Kier alpha value is -6.61. The first kappa shape index (κ1) is 66.0. The van der Waals surface area contributed by atoms with Crippen LogP contribution >= 0.6 is 0 Å². The number of hydrogen-bond donors (Lipinski definition) is 0. The van der Waals surface area contributed by atoms with Crippen LogP contribution in [0.25, 0.3) is 112 Å². The van der Waals surface area contributed by atoms with E-state index in [0.717, 1.165) is 25.7 Å². The predicted molar refractivity (Wildman–Crippen MR) is 397 cm³/mol. The van der Waals surface area contributed by atoms with Gasteiger partial charge in [-0.15, -0.1) is 0 Å². The van der Waals surface area contributed by atoms with Crippen molar-refractivity contribution in [3.05, 3.63) is 309 Å². The third-order valence-electron chi connectivity index (χ3n) is 21.0. The average molecular weight is 1620 g/mol. The maximum atomic E-state index is 2.66. The molecule has 12 aromatic carbocycles. The minimum Gasteiger partial charge on any atom is -1.00 e. The van der Waals surface area contributed by atoms with Crippen LogP contribution in [0.3, 0.4) is 0 Å². The van der Waals surface area contributed by atoms with Gasteiger partial charge in [-0.1, -0.05) is 0 Å². The van der Waals surface area contributed by atoms with E-state index < -0.39 is 51.1 Å². The van der Waals surface area contributed by atoms with Gasteiger partial charge in [0, 0.05) is 0 Å². The van der Waals surface area contributed by atoms with Gasteiger partial charge in [0.1, 0.15) is 0 Å². The monoisotopic (exact) mass is 1620 g/mol. The molecule has 6 heteroatoms. The van der Waals surface area contributed by atoms with E-state index in [9.17, 15) is 0 Å². The van der Waals surface area contributed by atoms with Crippen LogP contribution in [0.2, 0.25) is 26.2 Å². The molecular formula is C88H80Cl2Hf2Si2-2. The Balaban J connectivity index is 0.000000167. The van der Waals surface area contributed by atoms with E-state index in [1.807, 2.05) is 0 Å². The van der Waals surface area contributed by atoms with Crippen LogP contribution in [0.4, 0.5) is 0 Å². The van der Waals surface area contributed by atoms with Crippen LogP contribution in [0, 0.1) is 0 Å². The zero-order valence-corrected chi connectivity index (χ0v) is 66.0. The Kier molecular flexibility index (Phi) is 19.8. The molecule has 0 radical (unpaired) electrons. The van der Waals surface area contributed by atoms with E-state index in [-0.39, 0.29) is 24.8 Å². The molecule has 0 saturated heterocycles. The van der Waals surface area contributed by atoms with Gasteiger partial charge in [-0.3, -0.25) is 0 Å². The van der Waals surface area contributed by atoms with Crippen molar-refractivity contribution in [1.29, 1.82) is 0 Å². The number of benzene rings is 12. The fourth-order valence-electron chi connectivity index (χ4n) is 16.8. The van der Waals surface area contributed by atoms with E-state index in [1.54, 1.807) is 44.5 Å². The van der Waals surface area contributed by atoms with Gasteiger partial charge in [0.2, 0.25) is 0 Å². The van der Waals surface area contributed by atoms with Gasteiger partial charge in [-0.25, -0.2) is 0 Å². The molecule has 0 nitrogen and oxygen atoms in total. The van der Waals surface area contributed by atoms with E-state index in [1.165, 1.54) is 110 Å². The summed E-state index contributed by atoms with van der Waals surface area (Å²) in [5.74, 6) is 0. The largest absolute Gasteiger partial charge is 1.00 e. The van der Waals surface area contributed by atoms with Crippen LogP contribution < -0.4 is 24.8 Å². The molecule has 0 fully saturated rings. The maximum absolute atomic E-state index is 2.66. The van der Waals surface area contributed by atoms with E-state index in [0.29, 0.717) is 14.7 Å². The van der Waals surface area contributed by atoms with Gasteiger partial charge in [0.05, 0.1) is 0 Å². The van der Waals surface area contributed by atoms with Gasteiger partial charge in [0.15, 0.2) is 0 Å². The molecule has 0 aliphatic heterocycles. The van der Waals surface area contributed by atoms with Crippen molar-refractivity contribution in [2.75, 3.05) is 0 Å². The molecular weight excluding hydrogens is 1540 g/mol. The summed E-state index contributed by atoms with van der Waals surface area (Å²) in [5.41, 5.74) is 29.4. The maximum Gasteiger partial charge on any atom is -1.00 e. The summed E-state index contributed by atoms with van der Waals surface area (Å²) in [6, 6.07) is 91.7.